The number of primary amides is 1. The number of carboxylic acid groups (broad SMARTS) is 1. The first-order valence-electron chi connectivity index (χ1n) is 9.27. The van der Waals surface area contributed by atoms with Crippen LogP contribution in [0.2, 0.25) is 0 Å². The van der Waals surface area contributed by atoms with Crippen molar-refractivity contribution in [2.24, 2.45) is 10.8 Å². The van der Waals surface area contributed by atoms with Crippen LogP contribution in [0.4, 0.5) is 5.69 Å². The number of hydrogen-bond donors (Lipinski definition) is 3. The Kier molecular flexibility index (Phi) is 7.54. The molecule has 1 unspecified atom stereocenters. The van der Waals surface area contributed by atoms with Gasteiger partial charge in [-0.05, 0) is 37.3 Å². The second-order valence-corrected chi connectivity index (χ2v) is 6.77. The fourth-order valence-corrected chi connectivity index (χ4v) is 3.50. The molecule has 1 aliphatic rings. The van der Waals surface area contributed by atoms with Gasteiger partial charge in [-0.2, -0.15) is 0 Å². The van der Waals surface area contributed by atoms with Gasteiger partial charge in [0, 0.05) is 40.6 Å². The maximum Gasteiger partial charge on any atom is 0.334 e. The first-order valence-corrected chi connectivity index (χ1v) is 9.27. The molecule has 1 aromatic carbocycles. The van der Waals surface area contributed by atoms with Crippen LogP contribution in [0.25, 0.3) is 10.4 Å². The molecule has 0 aromatic heterocycles. The molecule has 0 spiro atoms. The Morgan fingerprint density at radius 3 is 2.47 bits per heavy atom. The molecule has 0 saturated heterocycles. The number of hydrogen-bond acceptors (Lipinski definition) is 6. The number of nitro benzene ring substituents is 1. The molecule has 0 aliphatic carbocycles. The van der Waals surface area contributed by atoms with Crippen LogP contribution in [0.1, 0.15) is 44.1 Å². The molecule has 11 nitrogen and oxygen atoms in total. The molecule has 11 heteroatoms. The number of amides is 1. The van der Waals surface area contributed by atoms with Crippen molar-refractivity contribution in [2.75, 3.05) is 6.54 Å². The van der Waals surface area contributed by atoms with Crippen LogP contribution in [0.3, 0.4) is 0 Å². The molecule has 2 rings (SSSR count). The van der Waals surface area contributed by atoms with Crippen LogP contribution in [0, 0.1) is 10.1 Å². The molecular weight excluding hydrogens is 392 g/mol. The average Bonchev–Trinajstić information content (AvgIpc) is 2.69. The summed E-state index contributed by atoms with van der Waals surface area (Å²) in [6, 6.07) is 5.40. The number of nitrogens with zero attached hydrogens (tertiary/aromatic N) is 4. The molecule has 4 N–H and O–H groups in total. The van der Waals surface area contributed by atoms with Gasteiger partial charge in [0.2, 0.25) is 5.91 Å². The van der Waals surface area contributed by atoms with Crippen molar-refractivity contribution in [1.29, 1.82) is 0 Å². The van der Waals surface area contributed by atoms with Gasteiger partial charge in [0.15, 0.2) is 0 Å². The number of allylic oxidation sites excluding steroid dienone is 2. The fraction of sp³-hybridized carbons (Fsp3) is 0.368. The number of rotatable bonds is 10. The first-order chi connectivity index (χ1) is 14.3. The summed E-state index contributed by atoms with van der Waals surface area (Å²) in [5, 5.41) is 27.3. The summed E-state index contributed by atoms with van der Waals surface area (Å²) in [7, 11) is 0. The van der Waals surface area contributed by atoms with Gasteiger partial charge in [0.05, 0.1) is 16.4 Å². The fourth-order valence-electron chi connectivity index (χ4n) is 3.50. The summed E-state index contributed by atoms with van der Waals surface area (Å²) >= 11 is 0. The Morgan fingerprint density at radius 1 is 1.27 bits per heavy atom. The van der Waals surface area contributed by atoms with Crippen LogP contribution in [-0.4, -0.2) is 28.5 Å². The number of unbranched alkanes of at least 4 members (excludes halogenated alkanes) is 2. The lowest BCUT2D eigenvalue weighted by Crippen LogP contribution is -2.34. The van der Waals surface area contributed by atoms with Gasteiger partial charge in [-0.3, -0.25) is 14.9 Å². The van der Waals surface area contributed by atoms with E-state index in [1.807, 2.05) is 0 Å². The van der Waals surface area contributed by atoms with Gasteiger partial charge >= 0.3 is 5.97 Å². The van der Waals surface area contributed by atoms with Crippen LogP contribution in [0.5, 0.6) is 0 Å². The van der Waals surface area contributed by atoms with Crippen molar-refractivity contribution in [2.45, 2.75) is 38.5 Å². The van der Waals surface area contributed by atoms with E-state index in [0.717, 1.165) is 6.42 Å². The molecular formula is C19H22N6O5. The van der Waals surface area contributed by atoms with E-state index < -0.39 is 22.7 Å². The third-order valence-corrected chi connectivity index (χ3v) is 4.83. The number of carbonyl (C=O) groups excluding carboxylic acids is 1. The quantitative estimate of drug-likeness (QED) is 0.132. The Balaban J connectivity index is 2.42. The highest BCUT2D eigenvalue weighted by molar-refractivity contribution is 6.00. The zero-order chi connectivity index (χ0) is 22.3. The van der Waals surface area contributed by atoms with Gasteiger partial charge < -0.3 is 16.2 Å². The molecule has 1 heterocycles. The maximum absolute atomic E-state index is 12.1. The highest BCUT2D eigenvalue weighted by Crippen LogP contribution is 2.39. The third kappa shape index (κ3) is 5.15. The first kappa shape index (κ1) is 22.4. The second-order valence-electron chi connectivity index (χ2n) is 6.77. The standard InChI is InChI=1S/C19H22N6O5/c1-11-15(18(20)26)16(12-6-8-13(9-7-12)25(29)30)17(19(27)28)14(23-11)5-3-2-4-10-22-24-21/h6-9,16,23H,2-5,10H2,1H3,(H2,20,26)(H,27,28). The number of carboxylic acids is 1. The summed E-state index contributed by atoms with van der Waals surface area (Å²) < 4.78 is 0. The van der Waals surface area contributed by atoms with Gasteiger partial charge in [-0.15, -0.1) is 0 Å². The Hall–Kier alpha value is -3.85. The summed E-state index contributed by atoms with van der Waals surface area (Å²) in [4.78, 5) is 37.3. The minimum atomic E-state index is -1.21. The van der Waals surface area contributed by atoms with Crippen LogP contribution >= 0.6 is 0 Å². The van der Waals surface area contributed by atoms with Crippen LogP contribution < -0.4 is 11.1 Å². The topological polar surface area (TPSA) is 184 Å². The van der Waals surface area contributed by atoms with E-state index in [1.54, 1.807) is 6.92 Å². The molecule has 1 amide bonds. The zero-order valence-electron chi connectivity index (χ0n) is 16.4. The molecule has 0 fully saturated rings. The van der Waals surface area contributed by atoms with E-state index in [1.165, 1.54) is 24.3 Å². The number of nitro groups is 1. The summed E-state index contributed by atoms with van der Waals surface area (Å²) in [6.45, 7) is 2.00. The van der Waals surface area contributed by atoms with E-state index in [9.17, 15) is 24.8 Å². The van der Waals surface area contributed by atoms with Gasteiger partial charge in [0.1, 0.15) is 0 Å². The predicted molar refractivity (Wildman–Crippen MR) is 108 cm³/mol. The highest BCUT2D eigenvalue weighted by atomic mass is 16.6. The lowest BCUT2D eigenvalue weighted by Gasteiger charge is -2.30. The molecule has 158 valence electrons. The van der Waals surface area contributed by atoms with Crippen molar-refractivity contribution < 1.29 is 19.6 Å². The van der Waals surface area contributed by atoms with Gasteiger partial charge in [-0.1, -0.05) is 23.7 Å². The number of benzene rings is 1. The minimum Gasteiger partial charge on any atom is -0.478 e. The highest BCUT2D eigenvalue weighted by Gasteiger charge is 2.36. The molecule has 1 atom stereocenters. The largest absolute Gasteiger partial charge is 0.478 e. The Labute approximate surface area is 172 Å². The second kappa shape index (κ2) is 10.1. The SMILES string of the molecule is CC1=C(C(N)=O)C(c2ccc([N+](=O)[O-])cc2)C(C(=O)O)=C(CCCCCN=[N+]=[N-])N1. The van der Waals surface area contributed by atoms with Gasteiger partial charge in [0.25, 0.3) is 5.69 Å². The van der Waals surface area contributed by atoms with Crippen LogP contribution in [-0.2, 0) is 9.59 Å². The Bertz CT molecular complexity index is 960. The monoisotopic (exact) mass is 414 g/mol. The average molecular weight is 414 g/mol. The van der Waals surface area contributed by atoms with E-state index in [-0.39, 0.29) is 16.8 Å². The number of aliphatic carboxylic acids is 1. The smallest absolute Gasteiger partial charge is 0.334 e. The summed E-state index contributed by atoms with van der Waals surface area (Å²) in [6.07, 6.45) is 2.45. The lowest BCUT2D eigenvalue weighted by molar-refractivity contribution is -0.384. The number of azide groups is 1. The third-order valence-electron chi connectivity index (χ3n) is 4.83. The Morgan fingerprint density at radius 2 is 1.93 bits per heavy atom. The summed E-state index contributed by atoms with van der Waals surface area (Å²) in [5.74, 6) is -2.92. The minimum absolute atomic E-state index is 0.0155. The molecule has 30 heavy (non-hydrogen) atoms. The zero-order valence-corrected chi connectivity index (χ0v) is 16.4. The van der Waals surface area contributed by atoms with Crippen molar-refractivity contribution in [3.63, 3.8) is 0 Å². The van der Waals surface area contributed by atoms with Crippen molar-refractivity contribution in [3.8, 4) is 0 Å². The van der Waals surface area contributed by atoms with E-state index in [2.05, 4.69) is 15.3 Å². The number of dihydropyridines is 1. The lowest BCUT2D eigenvalue weighted by atomic mass is 9.79. The number of carbonyl (C=O) groups is 2. The molecule has 1 aromatic rings. The predicted octanol–water partition coefficient (Wildman–Crippen LogP) is 3.25. The normalized spacial score (nSPS) is 16.0. The van der Waals surface area contributed by atoms with E-state index in [0.29, 0.717) is 42.8 Å². The van der Waals surface area contributed by atoms with Gasteiger partial charge in [-0.25, -0.2) is 4.79 Å². The van der Waals surface area contributed by atoms with Crippen LogP contribution in [0.15, 0.2) is 51.9 Å². The summed E-state index contributed by atoms with van der Waals surface area (Å²) in [5.41, 5.74) is 15.1. The maximum atomic E-state index is 12.1. The van der Waals surface area contributed by atoms with E-state index in [4.69, 9.17) is 11.3 Å². The number of non-ortho nitro benzene ring substituents is 1. The van der Waals surface area contributed by atoms with Crippen molar-refractivity contribution in [1.82, 2.24) is 5.32 Å². The molecule has 0 bridgehead atoms. The molecule has 0 radical (unpaired) electrons. The number of nitrogens with one attached hydrogen (secondary N) is 1. The number of nitrogens with two attached hydrogens (primary N) is 1. The molecule has 0 saturated carbocycles. The van der Waals surface area contributed by atoms with Crippen molar-refractivity contribution in [3.05, 3.63) is 72.9 Å². The van der Waals surface area contributed by atoms with E-state index >= 15 is 0 Å². The van der Waals surface area contributed by atoms with Crippen molar-refractivity contribution >= 4 is 17.6 Å². The molecule has 1 aliphatic heterocycles.